The molecule has 9 aromatic carbocycles. The van der Waals surface area contributed by atoms with Crippen molar-refractivity contribution in [3.63, 3.8) is 0 Å². The van der Waals surface area contributed by atoms with Crippen molar-refractivity contribution in [2.45, 2.75) is 41.5 Å². The molecule has 0 radical (unpaired) electrons. The molecule has 6 nitrogen and oxygen atoms in total. The largest absolute Gasteiger partial charge is 0.307 e. The van der Waals surface area contributed by atoms with E-state index in [-0.39, 0.29) is 0 Å². The van der Waals surface area contributed by atoms with E-state index in [1.54, 1.807) is 0 Å². The molecule has 0 aliphatic rings. The third-order valence-corrected chi connectivity index (χ3v) is 14.2. The van der Waals surface area contributed by atoms with E-state index >= 15 is 0 Å². The number of para-hydroxylation sites is 6. The summed E-state index contributed by atoms with van der Waals surface area (Å²) in [6, 6.07) is 66.4. The van der Waals surface area contributed by atoms with E-state index in [2.05, 4.69) is 237 Å². The minimum absolute atomic E-state index is 0.603. The van der Waals surface area contributed by atoms with Crippen LogP contribution in [0.5, 0.6) is 0 Å². The Labute approximate surface area is 400 Å². The molecule has 0 saturated heterocycles. The molecule has 4 heterocycles. The first-order valence-electron chi connectivity index (χ1n) is 23.8. The minimum Gasteiger partial charge on any atom is -0.307 e. The van der Waals surface area contributed by atoms with Gasteiger partial charge in [-0.2, -0.15) is 0 Å². The van der Waals surface area contributed by atoms with E-state index < -0.39 is 0 Å². The monoisotopic (exact) mass is 888 g/mol. The standard InChI is InChI=1S/C63H48N6/c1-37-31-39(3)58(40(4)32-37)62-64-61(65-63(66-62)59-41(5)33-38(2)34-42(59)6)43-35-56(67-50-25-13-7-19-44(50)45-20-8-14-26-51(45)67)60(69-54-29-17-11-23-48(54)49-24-12-18-30-55(49)69)57(36-43)68-52-27-15-9-21-46(52)47-22-10-16-28-53(47)68/h7-36H,1-6H3. The van der Waals surface area contributed by atoms with Crippen LogP contribution in [-0.2, 0) is 0 Å². The summed E-state index contributed by atoms with van der Waals surface area (Å²) in [6.45, 7) is 13.0. The summed E-state index contributed by atoms with van der Waals surface area (Å²) in [5.74, 6) is 1.92. The summed E-state index contributed by atoms with van der Waals surface area (Å²) in [6.07, 6.45) is 0. The number of rotatable bonds is 6. The van der Waals surface area contributed by atoms with Crippen molar-refractivity contribution in [3.8, 4) is 51.2 Å². The highest BCUT2D eigenvalue weighted by molar-refractivity contribution is 6.14. The molecular weight excluding hydrogens is 841 g/mol. The Morgan fingerprint density at radius 3 is 0.855 bits per heavy atom. The number of hydrogen-bond acceptors (Lipinski definition) is 3. The maximum atomic E-state index is 5.57. The smallest absolute Gasteiger partial charge is 0.164 e. The Kier molecular flexibility index (Phi) is 9.12. The van der Waals surface area contributed by atoms with Gasteiger partial charge in [-0.3, -0.25) is 0 Å². The second-order valence-corrected chi connectivity index (χ2v) is 18.8. The number of hydrogen-bond donors (Lipinski definition) is 0. The van der Waals surface area contributed by atoms with Crippen LogP contribution in [0.15, 0.2) is 182 Å². The van der Waals surface area contributed by atoms with Gasteiger partial charge < -0.3 is 13.7 Å². The Balaban J connectivity index is 1.26. The highest BCUT2D eigenvalue weighted by Gasteiger charge is 2.27. The van der Waals surface area contributed by atoms with Crippen molar-refractivity contribution >= 4 is 65.4 Å². The molecule has 0 unspecified atom stereocenters. The SMILES string of the molecule is Cc1cc(C)c(-c2nc(-c3cc(-n4c5ccccc5c5ccccc54)c(-n4c5ccccc5c5ccccc54)c(-n4c5ccccc5c5ccccc54)c3)nc(-c3c(C)cc(C)cc3C)n2)c(C)c1. The molecule has 0 N–H and O–H groups in total. The van der Waals surface area contributed by atoms with Gasteiger partial charge in [0.15, 0.2) is 17.5 Å². The number of benzene rings is 9. The van der Waals surface area contributed by atoms with Crippen molar-refractivity contribution in [3.05, 3.63) is 215 Å². The van der Waals surface area contributed by atoms with Gasteiger partial charge in [-0.15, -0.1) is 0 Å². The maximum Gasteiger partial charge on any atom is 0.164 e. The van der Waals surface area contributed by atoms with Crippen LogP contribution in [0.4, 0.5) is 0 Å². The first-order valence-corrected chi connectivity index (χ1v) is 23.8. The van der Waals surface area contributed by atoms with Crippen LogP contribution in [-0.4, -0.2) is 28.7 Å². The predicted molar refractivity (Wildman–Crippen MR) is 288 cm³/mol. The van der Waals surface area contributed by atoms with Crippen molar-refractivity contribution < 1.29 is 0 Å². The summed E-state index contributed by atoms with van der Waals surface area (Å²) in [4.78, 5) is 16.5. The van der Waals surface area contributed by atoms with E-state index in [9.17, 15) is 0 Å². The molecule has 6 heteroatoms. The highest BCUT2D eigenvalue weighted by Crippen LogP contribution is 2.45. The molecule has 0 atom stereocenters. The summed E-state index contributed by atoms with van der Waals surface area (Å²) >= 11 is 0. The van der Waals surface area contributed by atoms with Crippen LogP contribution in [0.2, 0.25) is 0 Å². The van der Waals surface area contributed by atoms with E-state index in [0.29, 0.717) is 17.5 Å². The third-order valence-electron chi connectivity index (χ3n) is 14.2. The van der Waals surface area contributed by atoms with Gasteiger partial charge in [-0.05, 0) is 112 Å². The molecule has 330 valence electrons. The third kappa shape index (κ3) is 6.22. The average molecular weight is 889 g/mol. The Morgan fingerprint density at radius 1 is 0.290 bits per heavy atom. The molecule has 0 saturated carbocycles. The predicted octanol–water partition coefficient (Wildman–Crippen LogP) is 16.0. The minimum atomic E-state index is 0.603. The molecule has 0 amide bonds. The molecule has 13 rings (SSSR count). The molecule has 0 fully saturated rings. The van der Waals surface area contributed by atoms with Gasteiger partial charge in [-0.1, -0.05) is 145 Å². The zero-order valence-electron chi connectivity index (χ0n) is 39.5. The van der Waals surface area contributed by atoms with E-state index in [4.69, 9.17) is 15.0 Å². The van der Waals surface area contributed by atoms with Crippen molar-refractivity contribution in [2.24, 2.45) is 0 Å². The quantitative estimate of drug-likeness (QED) is 0.167. The van der Waals surface area contributed by atoms with Gasteiger partial charge in [0.25, 0.3) is 0 Å². The highest BCUT2D eigenvalue weighted by atomic mass is 15.1. The average Bonchev–Trinajstić information content (AvgIpc) is 3.99. The lowest BCUT2D eigenvalue weighted by atomic mass is 9.97. The Morgan fingerprint density at radius 2 is 0.551 bits per heavy atom. The van der Waals surface area contributed by atoms with Crippen LogP contribution in [0.25, 0.3) is 117 Å². The van der Waals surface area contributed by atoms with E-state index in [1.807, 2.05) is 0 Å². The van der Waals surface area contributed by atoms with Gasteiger partial charge in [0.2, 0.25) is 0 Å². The van der Waals surface area contributed by atoms with Crippen LogP contribution in [0.3, 0.4) is 0 Å². The number of fused-ring (bicyclic) bond motifs is 9. The lowest BCUT2D eigenvalue weighted by Crippen LogP contribution is -2.11. The fraction of sp³-hybridized carbons (Fsp3) is 0.0952. The van der Waals surface area contributed by atoms with Gasteiger partial charge in [0.05, 0.1) is 50.2 Å². The zero-order valence-corrected chi connectivity index (χ0v) is 39.5. The molecule has 4 aromatic heterocycles. The summed E-state index contributed by atoms with van der Waals surface area (Å²) in [7, 11) is 0. The van der Waals surface area contributed by atoms with E-state index in [0.717, 1.165) is 89.1 Å². The fourth-order valence-corrected chi connectivity index (χ4v) is 11.6. The number of nitrogens with zero attached hydrogens (tertiary/aromatic N) is 6. The summed E-state index contributed by atoms with van der Waals surface area (Å²) < 4.78 is 7.43. The van der Waals surface area contributed by atoms with Crippen LogP contribution >= 0.6 is 0 Å². The van der Waals surface area contributed by atoms with Gasteiger partial charge in [0.1, 0.15) is 0 Å². The van der Waals surface area contributed by atoms with E-state index in [1.165, 1.54) is 43.4 Å². The molecule has 0 aliphatic carbocycles. The molecule has 0 bridgehead atoms. The lowest BCUT2D eigenvalue weighted by molar-refractivity contribution is 1.04. The Hall–Kier alpha value is -8.61. The molecular formula is C63H48N6. The maximum absolute atomic E-state index is 5.57. The van der Waals surface area contributed by atoms with Gasteiger partial charge >= 0.3 is 0 Å². The Bertz CT molecular complexity index is 3860. The number of aromatic nitrogens is 6. The summed E-state index contributed by atoms with van der Waals surface area (Å²) in [5, 5.41) is 7.13. The fourth-order valence-electron chi connectivity index (χ4n) is 11.6. The van der Waals surface area contributed by atoms with Crippen LogP contribution in [0.1, 0.15) is 33.4 Å². The molecule has 69 heavy (non-hydrogen) atoms. The van der Waals surface area contributed by atoms with Crippen molar-refractivity contribution in [1.82, 2.24) is 28.7 Å². The summed E-state index contributed by atoms with van der Waals surface area (Å²) in [5.41, 5.74) is 19.6. The van der Waals surface area contributed by atoms with Crippen molar-refractivity contribution in [1.29, 1.82) is 0 Å². The molecule has 0 spiro atoms. The van der Waals surface area contributed by atoms with Gasteiger partial charge in [-0.25, -0.2) is 15.0 Å². The van der Waals surface area contributed by atoms with Gasteiger partial charge in [0, 0.05) is 49.0 Å². The molecule has 0 aliphatic heterocycles. The second kappa shape index (κ2) is 15.5. The first kappa shape index (κ1) is 40.6. The normalized spacial score (nSPS) is 11.9. The second-order valence-electron chi connectivity index (χ2n) is 18.8. The molecule has 13 aromatic rings. The van der Waals surface area contributed by atoms with Crippen LogP contribution in [0, 0.1) is 41.5 Å². The first-order chi connectivity index (χ1) is 33.7. The number of aryl methyl sites for hydroxylation is 6. The topological polar surface area (TPSA) is 53.5 Å². The lowest BCUT2D eigenvalue weighted by Gasteiger charge is -2.23. The van der Waals surface area contributed by atoms with Crippen molar-refractivity contribution in [2.75, 3.05) is 0 Å². The zero-order chi connectivity index (χ0) is 46.7. The van der Waals surface area contributed by atoms with Crippen LogP contribution < -0.4 is 0 Å².